The lowest BCUT2D eigenvalue weighted by atomic mass is 10.3. The fourth-order valence-corrected chi connectivity index (χ4v) is 8.72. The summed E-state index contributed by atoms with van der Waals surface area (Å²) < 4.78 is 2.03. The van der Waals surface area contributed by atoms with Gasteiger partial charge in [0.2, 0.25) is 45.7 Å². The average molecular weight is 437 g/mol. The molecular weight excluding hydrogens is 372 g/mol. The van der Waals surface area contributed by atoms with Crippen molar-refractivity contribution in [3.63, 3.8) is 0 Å². The zero-order valence-corrected chi connectivity index (χ0v) is 24.3. The fourth-order valence-electron chi connectivity index (χ4n) is 2.91. The van der Waals surface area contributed by atoms with Gasteiger partial charge >= 0.3 is 0 Å². The Labute approximate surface area is 205 Å². The van der Waals surface area contributed by atoms with Crippen LogP contribution < -0.4 is 0 Å². The number of rotatable bonds is 12. The first-order valence-electron chi connectivity index (χ1n) is 11.7. The minimum Gasteiger partial charge on any atom is -0.0973 e. The van der Waals surface area contributed by atoms with Crippen molar-refractivity contribution in [2.24, 2.45) is 11.8 Å². The van der Waals surface area contributed by atoms with Crippen molar-refractivity contribution >= 4 is 63.0 Å². The molecule has 0 amide bonds. The highest BCUT2D eigenvalue weighted by molar-refractivity contribution is 6.39. The zero-order valence-electron chi connectivity index (χ0n) is 20.1. The van der Waals surface area contributed by atoms with Gasteiger partial charge in [-0.15, -0.1) is 0 Å². The molecule has 26 heavy (non-hydrogen) atoms. The predicted molar refractivity (Wildman–Crippen MR) is 149 cm³/mol. The molecule has 0 aromatic heterocycles. The molecule has 0 aromatic carbocycles. The molecule has 0 aliphatic rings. The van der Waals surface area contributed by atoms with Crippen LogP contribution in [0.3, 0.4) is 0 Å². The first-order valence-corrected chi connectivity index (χ1v) is 17.3. The lowest BCUT2D eigenvalue weighted by Gasteiger charge is -2.03. The monoisotopic (exact) mass is 436 g/mol. The summed E-state index contributed by atoms with van der Waals surface area (Å²) in [5, 5.41) is 6.27. The van der Waals surface area contributed by atoms with Gasteiger partial charge in [-0.3, -0.25) is 0 Å². The molecule has 0 saturated carbocycles. The van der Waals surface area contributed by atoms with E-state index in [-0.39, 0.29) is 38.3 Å². The summed E-state index contributed by atoms with van der Waals surface area (Å²) >= 11 is 0.987. The largest absolute Gasteiger partial charge is 0.243 e. The number of hydrogen-bond donors (Lipinski definition) is 0. The maximum atomic E-state index is 2.33. The van der Waals surface area contributed by atoms with E-state index in [4.69, 9.17) is 0 Å². The number of hydrogen-bond acceptors (Lipinski definition) is 0. The van der Waals surface area contributed by atoms with Crippen molar-refractivity contribution in [2.75, 3.05) is 0 Å². The first-order chi connectivity index (χ1) is 11.7. The Bertz CT molecular complexity index is 213. The van der Waals surface area contributed by atoms with Crippen LogP contribution in [0.4, 0.5) is 0 Å². The highest BCUT2D eigenvalue weighted by atomic mass is 27.1. The summed E-state index contributed by atoms with van der Waals surface area (Å²) in [6.07, 6.45) is 5.80. The van der Waals surface area contributed by atoms with E-state index in [1.165, 1.54) is 36.2 Å². The second-order valence-corrected chi connectivity index (χ2v) is 17.2. The Hall–Kier alpha value is 2.13. The van der Waals surface area contributed by atoms with Crippen LogP contribution >= 0.6 is 0 Å². The van der Waals surface area contributed by atoms with Crippen molar-refractivity contribution in [1.82, 2.24) is 0 Å². The van der Waals surface area contributed by atoms with Gasteiger partial charge in [-0.2, -0.15) is 0 Å². The van der Waals surface area contributed by atoms with Crippen molar-refractivity contribution in [1.29, 1.82) is 0 Å². The molecule has 0 rings (SSSR count). The SMILES string of the molecule is CC(C)[CH2][AlH][CH2]C(C)C.CCC[CH2][AlH][CH2]CCC.C[CH](C)[AlH][CH](C)C.[AlH3].[HH].[HH].[HH].[HH]. The molecule has 0 spiro atoms. The van der Waals surface area contributed by atoms with Crippen LogP contribution in [0.5, 0.6) is 0 Å². The average Bonchev–Trinajstić information content (AvgIpc) is 2.46. The van der Waals surface area contributed by atoms with Gasteiger partial charge in [-0.05, 0) is 0 Å². The van der Waals surface area contributed by atoms with Crippen LogP contribution in [-0.4, -0.2) is 63.0 Å². The fraction of sp³-hybridized carbons (Fsp3) is 1.00. The maximum absolute atomic E-state index is 2.33. The molecule has 0 radical (unpaired) electrons. The summed E-state index contributed by atoms with van der Waals surface area (Å²) in [7, 11) is 0. The van der Waals surface area contributed by atoms with Gasteiger partial charge in [0.15, 0.2) is 17.4 Å². The lowest BCUT2D eigenvalue weighted by molar-refractivity contribution is 0.700. The Kier molecular flexibility index (Phi) is 40.1. The molecular formula is C22H64Al4. The van der Waals surface area contributed by atoms with Gasteiger partial charge in [-0.25, -0.2) is 0 Å². The van der Waals surface area contributed by atoms with Gasteiger partial charge < -0.3 is 0 Å². The molecule has 0 heterocycles. The Morgan fingerprint density at radius 1 is 0.615 bits per heavy atom. The summed E-state index contributed by atoms with van der Waals surface area (Å²) in [4.78, 5) is 0. The van der Waals surface area contributed by atoms with E-state index in [0.717, 1.165) is 21.4 Å². The summed E-state index contributed by atoms with van der Waals surface area (Å²) in [5.74, 6) is 1.91. The highest BCUT2D eigenvalue weighted by Crippen LogP contribution is 2.08. The Balaban J connectivity index is -0.0000000375. The van der Waals surface area contributed by atoms with E-state index in [9.17, 15) is 0 Å². The van der Waals surface area contributed by atoms with Gasteiger partial charge in [-0.1, -0.05) is 137 Å². The van der Waals surface area contributed by atoms with Crippen LogP contribution in [0.1, 0.15) is 101 Å². The van der Waals surface area contributed by atoms with Crippen LogP contribution in [0.15, 0.2) is 0 Å². The molecule has 164 valence electrons. The molecule has 0 atom stereocenters. The van der Waals surface area contributed by atoms with Gasteiger partial charge in [0.25, 0.3) is 0 Å². The van der Waals surface area contributed by atoms with Crippen molar-refractivity contribution in [3.05, 3.63) is 0 Å². The molecule has 0 aliphatic carbocycles. The quantitative estimate of drug-likeness (QED) is 0.222. The van der Waals surface area contributed by atoms with E-state index in [1.54, 1.807) is 10.6 Å². The third-order valence-corrected chi connectivity index (χ3v) is 11.2. The van der Waals surface area contributed by atoms with E-state index >= 15 is 0 Å². The minimum atomic E-state index is 0. The first kappa shape index (κ1) is 35.6. The maximum Gasteiger partial charge on any atom is 0.243 e. The van der Waals surface area contributed by atoms with Crippen LogP contribution in [-0.2, 0) is 0 Å². The van der Waals surface area contributed by atoms with Crippen molar-refractivity contribution < 1.29 is 5.71 Å². The number of unbranched alkanes of at least 4 members (excludes halogenated alkanes) is 2. The van der Waals surface area contributed by atoms with E-state index < -0.39 is 0 Å². The molecule has 0 bridgehead atoms. The molecule has 4 heteroatoms. The Morgan fingerprint density at radius 2 is 0.962 bits per heavy atom. The van der Waals surface area contributed by atoms with Crippen LogP contribution in [0, 0.1) is 11.8 Å². The van der Waals surface area contributed by atoms with E-state index in [1.807, 2.05) is 0 Å². The molecule has 0 unspecified atom stereocenters. The van der Waals surface area contributed by atoms with E-state index in [0.29, 0.717) is 30.4 Å². The summed E-state index contributed by atoms with van der Waals surface area (Å²) in [6.45, 7) is 23.2. The second kappa shape index (κ2) is 29.3. The van der Waals surface area contributed by atoms with Crippen LogP contribution in [0.2, 0.25) is 30.7 Å². The normalized spacial score (nSPS) is 9.92. The molecule has 0 nitrogen and oxygen atoms in total. The van der Waals surface area contributed by atoms with Gasteiger partial charge in [0.05, 0.1) is 0 Å². The predicted octanol–water partition coefficient (Wildman–Crippen LogP) is 7.31. The topological polar surface area (TPSA) is 0 Å². The molecule has 0 saturated heterocycles. The smallest absolute Gasteiger partial charge is 0.0973 e. The molecule has 0 aliphatic heterocycles. The second-order valence-electron chi connectivity index (χ2n) is 9.51. The molecule has 0 N–H and O–H groups in total. The third-order valence-electron chi connectivity index (χ3n) is 4.21. The van der Waals surface area contributed by atoms with E-state index in [2.05, 4.69) is 69.2 Å². The minimum absolute atomic E-state index is 0. The molecule has 0 fully saturated rings. The van der Waals surface area contributed by atoms with Crippen molar-refractivity contribution in [3.8, 4) is 0 Å². The van der Waals surface area contributed by atoms with Gasteiger partial charge in [0.1, 0.15) is 0 Å². The third kappa shape index (κ3) is 50.2. The summed E-state index contributed by atoms with van der Waals surface area (Å²) in [6, 6.07) is 0. The van der Waals surface area contributed by atoms with Gasteiger partial charge in [0, 0.05) is 5.71 Å². The summed E-state index contributed by atoms with van der Waals surface area (Å²) in [5.41, 5.74) is 0. The van der Waals surface area contributed by atoms with Crippen molar-refractivity contribution in [2.45, 2.75) is 126 Å². The Morgan fingerprint density at radius 3 is 1.15 bits per heavy atom. The zero-order chi connectivity index (χ0) is 20.1. The highest BCUT2D eigenvalue weighted by Gasteiger charge is 2.01. The van der Waals surface area contributed by atoms with Crippen LogP contribution in [0.25, 0.3) is 0 Å². The standard InChI is InChI=1S/4C4H9.2C3H7.4Al.4H2.6H/c2*1-4(2)3;2*1-3-4-2;2*1-3-2;;;;;;;;;;;;;;/h2*4H,1H2,2-3H3;2*1,3-4H2,2H3;2*3H,1-2H3;;;;;4*1H;;;;;;. The molecule has 0 aromatic rings. The lowest BCUT2D eigenvalue weighted by Crippen LogP contribution is -1.99.